The standard InChI is InChI=1S/C10H14ClN3.2ClH/c11-9-3-1-2-4-10(9)13-5-7-14(12)8-6-13;;/h1-4H,5-8,12H2;2*1H. The zero-order chi connectivity index (χ0) is 9.97. The molecule has 1 saturated heterocycles. The minimum absolute atomic E-state index is 0. The van der Waals surface area contributed by atoms with Crippen LogP contribution in [0.25, 0.3) is 0 Å². The highest BCUT2D eigenvalue weighted by Crippen LogP contribution is 2.25. The van der Waals surface area contributed by atoms with Crippen LogP contribution in [0.3, 0.4) is 0 Å². The molecule has 2 rings (SSSR count). The molecule has 0 unspecified atom stereocenters. The average molecular weight is 285 g/mol. The van der Waals surface area contributed by atoms with Crippen LogP contribution in [0.5, 0.6) is 0 Å². The summed E-state index contributed by atoms with van der Waals surface area (Å²) in [7, 11) is 0. The van der Waals surface area contributed by atoms with Crippen molar-refractivity contribution in [3.63, 3.8) is 0 Å². The van der Waals surface area contributed by atoms with Crippen LogP contribution in [0.15, 0.2) is 24.3 Å². The molecule has 0 aliphatic carbocycles. The van der Waals surface area contributed by atoms with Crippen molar-refractivity contribution in [3.8, 4) is 0 Å². The molecule has 1 aliphatic heterocycles. The van der Waals surface area contributed by atoms with Crippen LogP contribution in [0.2, 0.25) is 5.02 Å². The lowest BCUT2D eigenvalue weighted by Crippen LogP contribution is -2.49. The molecule has 1 aliphatic rings. The quantitative estimate of drug-likeness (QED) is 0.802. The van der Waals surface area contributed by atoms with Gasteiger partial charge in [0.1, 0.15) is 0 Å². The van der Waals surface area contributed by atoms with E-state index in [1.165, 1.54) is 0 Å². The van der Waals surface area contributed by atoms with Gasteiger partial charge in [0.15, 0.2) is 0 Å². The molecule has 0 aromatic heterocycles. The van der Waals surface area contributed by atoms with Gasteiger partial charge in [-0.3, -0.25) is 5.84 Å². The lowest BCUT2D eigenvalue weighted by atomic mass is 10.2. The Kier molecular flexibility index (Phi) is 7.11. The van der Waals surface area contributed by atoms with Gasteiger partial charge in [0.2, 0.25) is 0 Å². The maximum Gasteiger partial charge on any atom is 0.0639 e. The monoisotopic (exact) mass is 283 g/mol. The molecule has 92 valence electrons. The zero-order valence-corrected chi connectivity index (χ0v) is 11.2. The molecule has 0 bridgehead atoms. The summed E-state index contributed by atoms with van der Waals surface area (Å²) in [6.45, 7) is 3.68. The van der Waals surface area contributed by atoms with Crippen molar-refractivity contribution in [2.24, 2.45) is 5.84 Å². The van der Waals surface area contributed by atoms with E-state index in [0.29, 0.717) is 0 Å². The first kappa shape index (κ1) is 15.8. The molecular weight excluding hydrogens is 268 g/mol. The minimum Gasteiger partial charge on any atom is -0.368 e. The predicted molar refractivity (Wildman–Crippen MR) is 73.9 cm³/mol. The molecule has 1 aromatic rings. The van der Waals surface area contributed by atoms with Crippen LogP contribution in [-0.2, 0) is 0 Å². The highest BCUT2D eigenvalue weighted by atomic mass is 35.5. The van der Waals surface area contributed by atoms with Crippen LogP contribution in [0.1, 0.15) is 0 Å². The van der Waals surface area contributed by atoms with Gasteiger partial charge >= 0.3 is 0 Å². The molecule has 0 amide bonds. The summed E-state index contributed by atoms with van der Waals surface area (Å²) in [5, 5.41) is 2.66. The van der Waals surface area contributed by atoms with Gasteiger partial charge < -0.3 is 4.90 Å². The van der Waals surface area contributed by atoms with Crippen molar-refractivity contribution in [1.29, 1.82) is 0 Å². The maximum absolute atomic E-state index is 6.11. The van der Waals surface area contributed by atoms with Gasteiger partial charge in [-0.15, -0.1) is 24.8 Å². The SMILES string of the molecule is Cl.Cl.NN1CCN(c2ccccc2Cl)CC1. The second-order valence-electron chi connectivity index (χ2n) is 3.47. The van der Waals surface area contributed by atoms with Crippen LogP contribution >= 0.6 is 36.4 Å². The number of hydrazine groups is 1. The van der Waals surface area contributed by atoms with Gasteiger partial charge in [0.05, 0.1) is 10.7 Å². The fraction of sp³-hybridized carbons (Fsp3) is 0.400. The van der Waals surface area contributed by atoms with E-state index < -0.39 is 0 Å². The van der Waals surface area contributed by atoms with Crippen LogP contribution in [0, 0.1) is 0 Å². The molecule has 0 spiro atoms. The number of piperazine rings is 1. The van der Waals surface area contributed by atoms with Crippen LogP contribution in [-0.4, -0.2) is 31.2 Å². The molecule has 1 aromatic carbocycles. The number of anilines is 1. The van der Waals surface area contributed by atoms with Crippen molar-refractivity contribution in [1.82, 2.24) is 5.01 Å². The summed E-state index contributed by atoms with van der Waals surface area (Å²) in [6.07, 6.45) is 0. The summed E-state index contributed by atoms with van der Waals surface area (Å²) >= 11 is 6.11. The predicted octanol–water partition coefficient (Wildman–Crippen LogP) is 2.18. The second kappa shape index (κ2) is 7.20. The smallest absolute Gasteiger partial charge is 0.0639 e. The molecule has 1 fully saturated rings. The fourth-order valence-corrected chi connectivity index (χ4v) is 1.93. The van der Waals surface area contributed by atoms with E-state index in [2.05, 4.69) is 11.0 Å². The molecule has 3 nitrogen and oxygen atoms in total. The lowest BCUT2D eigenvalue weighted by molar-refractivity contribution is 0.266. The van der Waals surface area contributed by atoms with E-state index in [0.717, 1.165) is 36.9 Å². The number of hydrogen-bond acceptors (Lipinski definition) is 3. The molecule has 0 radical (unpaired) electrons. The third-order valence-corrected chi connectivity index (χ3v) is 2.83. The van der Waals surface area contributed by atoms with Crippen molar-refractivity contribution >= 4 is 42.1 Å². The molecule has 0 saturated carbocycles. The van der Waals surface area contributed by atoms with E-state index in [4.69, 9.17) is 17.4 Å². The van der Waals surface area contributed by atoms with Crippen LogP contribution < -0.4 is 10.7 Å². The Bertz CT molecular complexity index is 314. The Morgan fingerprint density at radius 2 is 1.56 bits per heavy atom. The van der Waals surface area contributed by atoms with Crippen molar-refractivity contribution < 1.29 is 0 Å². The number of para-hydroxylation sites is 1. The van der Waals surface area contributed by atoms with Gasteiger partial charge in [0, 0.05) is 26.2 Å². The molecular formula is C10H16Cl3N3. The minimum atomic E-state index is 0. The Morgan fingerprint density at radius 1 is 1.00 bits per heavy atom. The third-order valence-electron chi connectivity index (χ3n) is 2.51. The Hall–Kier alpha value is -0.190. The van der Waals surface area contributed by atoms with Gasteiger partial charge in [-0.1, -0.05) is 23.7 Å². The first-order valence-electron chi connectivity index (χ1n) is 4.76. The van der Waals surface area contributed by atoms with E-state index in [-0.39, 0.29) is 24.8 Å². The lowest BCUT2D eigenvalue weighted by Gasteiger charge is -2.34. The summed E-state index contributed by atoms with van der Waals surface area (Å²) in [5.74, 6) is 5.69. The largest absolute Gasteiger partial charge is 0.368 e. The first-order chi connectivity index (χ1) is 6.77. The Balaban J connectivity index is 0.00000112. The molecule has 1 heterocycles. The number of nitrogens with two attached hydrogens (primary N) is 1. The molecule has 16 heavy (non-hydrogen) atoms. The summed E-state index contributed by atoms with van der Waals surface area (Å²) < 4.78 is 0. The summed E-state index contributed by atoms with van der Waals surface area (Å²) in [5.41, 5.74) is 1.11. The van der Waals surface area contributed by atoms with Gasteiger partial charge in [-0.25, -0.2) is 5.01 Å². The summed E-state index contributed by atoms with van der Waals surface area (Å²) in [6, 6.07) is 7.93. The van der Waals surface area contributed by atoms with Gasteiger partial charge in [0.25, 0.3) is 0 Å². The number of hydrogen-bond donors (Lipinski definition) is 1. The number of rotatable bonds is 1. The van der Waals surface area contributed by atoms with E-state index >= 15 is 0 Å². The van der Waals surface area contributed by atoms with Crippen molar-refractivity contribution in [2.45, 2.75) is 0 Å². The Labute approximate surface area is 113 Å². The van der Waals surface area contributed by atoms with Gasteiger partial charge in [-0.05, 0) is 12.1 Å². The fourth-order valence-electron chi connectivity index (χ4n) is 1.67. The number of nitrogens with zero attached hydrogens (tertiary/aromatic N) is 2. The summed E-state index contributed by atoms with van der Waals surface area (Å²) in [4.78, 5) is 2.27. The van der Waals surface area contributed by atoms with Gasteiger partial charge in [-0.2, -0.15) is 0 Å². The Morgan fingerprint density at radius 3 is 2.12 bits per heavy atom. The third kappa shape index (κ3) is 3.68. The number of halogens is 3. The van der Waals surface area contributed by atoms with Crippen molar-refractivity contribution in [3.05, 3.63) is 29.3 Å². The highest BCUT2D eigenvalue weighted by molar-refractivity contribution is 6.33. The topological polar surface area (TPSA) is 32.5 Å². The average Bonchev–Trinajstić information content (AvgIpc) is 2.20. The molecule has 6 heteroatoms. The van der Waals surface area contributed by atoms with Crippen molar-refractivity contribution in [2.75, 3.05) is 31.1 Å². The maximum atomic E-state index is 6.11. The normalized spacial score (nSPS) is 16.2. The van der Waals surface area contributed by atoms with E-state index in [1.807, 2.05) is 23.2 Å². The first-order valence-corrected chi connectivity index (χ1v) is 5.14. The second-order valence-corrected chi connectivity index (χ2v) is 3.88. The van der Waals surface area contributed by atoms with E-state index in [1.54, 1.807) is 0 Å². The number of benzene rings is 1. The highest BCUT2D eigenvalue weighted by Gasteiger charge is 2.15. The zero-order valence-electron chi connectivity index (χ0n) is 8.80. The molecule has 0 atom stereocenters. The molecule has 2 N–H and O–H groups in total. The van der Waals surface area contributed by atoms with Crippen LogP contribution in [0.4, 0.5) is 5.69 Å². The van der Waals surface area contributed by atoms with E-state index in [9.17, 15) is 0 Å².